The van der Waals surface area contributed by atoms with Crippen LogP contribution in [0.5, 0.6) is 0 Å². The van der Waals surface area contributed by atoms with Crippen molar-refractivity contribution in [1.82, 2.24) is 20.1 Å². The predicted octanol–water partition coefficient (Wildman–Crippen LogP) is 0.370. The topological polar surface area (TPSA) is 81.8 Å². The molecule has 88 valence electrons. The Balaban J connectivity index is 2.12. The van der Waals surface area contributed by atoms with Gasteiger partial charge in [-0.05, 0) is 6.07 Å². The van der Waals surface area contributed by atoms with Gasteiger partial charge in [-0.3, -0.25) is 14.7 Å². The van der Waals surface area contributed by atoms with E-state index in [-0.39, 0.29) is 17.2 Å². The van der Waals surface area contributed by atoms with Crippen LogP contribution in [0.4, 0.5) is 0 Å². The first-order valence-electron chi connectivity index (χ1n) is 5.09. The van der Waals surface area contributed by atoms with Gasteiger partial charge in [0.15, 0.2) is 0 Å². The second-order valence-corrected chi connectivity index (χ2v) is 3.70. The summed E-state index contributed by atoms with van der Waals surface area (Å²) in [7, 11) is 1.67. The maximum atomic E-state index is 11.9. The van der Waals surface area contributed by atoms with Crippen LogP contribution < -0.4 is 5.56 Å². The van der Waals surface area contributed by atoms with Crippen molar-refractivity contribution in [3.8, 4) is 0 Å². The highest BCUT2D eigenvalue weighted by Crippen LogP contribution is 2.03. The third-order valence-electron chi connectivity index (χ3n) is 2.32. The van der Waals surface area contributed by atoms with Crippen LogP contribution in [-0.4, -0.2) is 33.0 Å². The number of hydrogen-bond donors (Lipinski definition) is 2. The summed E-state index contributed by atoms with van der Waals surface area (Å²) in [4.78, 5) is 27.0. The fraction of sp³-hybridized carbons (Fsp3) is 0.182. The van der Waals surface area contributed by atoms with Crippen molar-refractivity contribution in [2.45, 2.75) is 6.54 Å². The Morgan fingerprint density at radius 1 is 1.47 bits per heavy atom. The Hall–Kier alpha value is -2.37. The van der Waals surface area contributed by atoms with E-state index in [2.05, 4.69) is 15.2 Å². The van der Waals surface area contributed by atoms with E-state index in [1.807, 2.05) is 0 Å². The maximum Gasteiger partial charge on any atom is 0.270 e. The normalized spacial score (nSPS) is 10.2. The van der Waals surface area contributed by atoms with Gasteiger partial charge in [-0.25, -0.2) is 0 Å². The minimum Gasteiger partial charge on any atom is -0.336 e. The van der Waals surface area contributed by atoms with Crippen molar-refractivity contribution in [3.63, 3.8) is 0 Å². The second-order valence-electron chi connectivity index (χ2n) is 3.70. The van der Waals surface area contributed by atoms with Crippen LogP contribution in [0, 0.1) is 0 Å². The zero-order valence-electron chi connectivity index (χ0n) is 9.30. The lowest BCUT2D eigenvalue weighted by atomic mass is 10.3. The number of nitrogens with zero attached hydrogens (tertiary/aromatic N) is 2. The highest BCUT2D eigenvalue weighted by Gasteiger charge is 2.12. The second kappa shape index (κ2) is 4.65. The van der Waals surface area contributed by atoms with Crippen LogP contribution >= 0.6 is 0 Å². The van der Waals surface area contributed by atoms with E-state index in [9.17, 15) is 9.59 Å². The van der Waals surface area contributed by atoms with Crippen LogP contribution in [0.1, 0.15) is 16.1 Å². The van der Waals surface area contributed by atoms with Crippen LogP contribution in [0.15, 0.2) is 35.4 Å². The van der Waals surface area contributed by atoms with E-state index in [4.69, 9.17) is 0 Å². The Bertz CT molecular complexity index is 559. The molecule has 0 radical (unpaired) electrons. The molecule has 2 aromatic heterocycles. The standard InChI is InChI=1S/C11H12N4O2/c1-15(7-8-5-12-13-6-8)11(17)9-3-2-4-10(16)14-9/h2-6H,7H2,1H3,(H,12,13)(H,14,16). The van der Waals surface area contributed by atoms with Crippen molar-refractivity contribution in [3.05, 3.63) is 52.2 Å². The van der Waals surface area contributed by atoms with Crippen molar-refractivity contribution in [1.29, 1.82) is 0 Å². The summed E-state index contributed by atoms with van der Waals surface area (Å²) in [6, 6.07) is 4.50. The molecule has 0 spiro atoms. The molecule has 1 amide bonds. The summed E-state index contributed by atoms with van der Waals surface area (Å²) in [5.74, 6) is -0.232. The summed E-state index contributed by atoms with van der Waals surface area (Å²) in [5.41, 5.74) is 0.898. The minimum atomic E-state index is -0.285. The van der Waals surface area contributed by atoms with E-state index < -0.39 is 0 Å². The largest absolute Gasteiger partial charge is 0.336 e. The quantitative estimate of drug-likeness (QED) is 0.802. The molecular weight excluding hydrogens is 220 g/mol. The first kappa shape index (κ1) is 11.1. The molecule has 0 bridgehead atoms. The summed E-state index contributed by atoms with van der Waals surface area (Å²) in [5, 5.41) is 6.48. The Labute approximate surface area is 97.3 Å². The number of H-pyrrole nitrogens is 2. The maximum absolute atomic E-state index is 11.9. The number of rotatable bonds is 3. The molecule has 2 aromatic rings. The third kappa shape index (κ3) is 2.60. The molecule has 0 aliphatic rings. The monoisotopic (exact) mass is 232 g/mol. The molecular formula is C11H12N4O2. The van der Waals surface area contributed by atoms with Crippen molar-refractivity contribution in [2.75, 3.05) is 7.05 Å². The fourth-order valence-electron chi connectivity index (χ4n) is 1.49. The molecule has 2 heterocycles. The molecule has 0 aliphatic heterocycles. The molecule has 6 heteroatoms. The van der Waals surface area contributed by atoms with Gasteiger partial charge in [0, 0.05) is 31.4 Å². The molecule has 2 rings (SSSR count). The zero-order chi connectivity index (χ0) is 12.3. The van der Waals surface area contributed by atoms with Crippen molar-refractivity contribution < 1.29 is 4.79 Å². The van der Waals surface area contributed by atoms with E-state index in [0.717, 1.165) is 5.56 Å². The molecule has 6 nitrogen and oxygen atoms in total. The molecule has 0 aromatic carbocycles. The molecule has 0 fully saturated rings. The SMILES string of the molecule is CN(Cc1cn[nH]c1)C(=O)c1cccc(=O)[nH]1. The van der Waals surface area contributed by atoms with Gasteiger partial charge in [-0.2, -0.15) is 5.10 Å². The number of carbonyl (C=O) groups excluding carboxylic acids is 1. The number of amides is 1. The van der Waals surface area contributed by atoms with Gasteiger partial charge in [0.05, 0.1) is 6.20 Å². The molecule has 0 atom stereocenters. The van der Waals surface area contributed by atoms with E-state index in [1.54, 1.807) is 31.6 Å². The number of pyridine rings is 1. The van der Waals surface area contributed by atoms with E-state index >= 15 is 0 Å². The average Bonchev–Trinajstić information content (AvgIpc) is 2.80. The van der Waals surface area contributed by atoms with Gasteiger partial charge < -0.3 is 9.88 Å². The minimum absolute atomic E-state index is 0.232. The lowest BCUT2D eigenvalue weighted by Gasteiger charge is -2.15. The van der Waals surface area contributed by atoms with Crippen LogP contribution in [0.25, 0.3) is 0 Å². The summed E-state index contributed by atoms with van der Waals surface area (Å²) >= 11 is 0. The molecule has 0 aliphatic carbocycles. The molecule has 0 unspecified atom stereocenters. The van der Waals surface area contributed by atoms with Gasteiger partial charge in [-0.1, -0.05) is 6.07 Å². The average molecular weight is 232 g/mol. The zero-order valence-corrected chi connectivity index (χ0v) is 9.30. The van der Waals surface area contributed by atoms with Gasteiger partial charge in [0.1, 0.15) is 5.69 Å². The lowest BCUT2D eigenvalue weighted by molar-refractivity contribution is 0.0779. The van der Waals surface area contributed by atoms with Crippen molar-refractivity contribution >= 4 is 5.91 Å². The molecule has 0 saturated heterocycles. The molecule has 2 N–H and O–H groups in total. The Kier molecular flexibility index (Phi) is 3.04. The highest BCUT2D eigenvalue weighted by atomic mass is 16.2. The molecule has 0 saturated carbocycles. The number of aromatic nitrogens is 3. The number of nitrogens with one attached hydrogen (secondary N) is 2. The van der Waals surface area contributed by atoms with Gasteiger partial charge in [0.25, 0.3) is 5.91 Å². The van der Waals surface area contributed by atoms with Crippen LogP contribution in [0.2, 0.25) is 0 Å². The van der Waals surface area contributed by atoms with Crippen molar-refractivity contribution in [2.24, 2.45) is 0 Å². The smallest absolute Gasteiger partial charge is 0.270 e. The van der Waals surface area contributed by atoms with E-state index in [0.29, 0.717) is 6.54 Å². The third-order valence-corrected chi connectivity index (χ3v) is 2.32. The highest BCUT2D eigenvalue weighted by molar-refractivity contribution is 5.91. The van der Waals surface area contributed by atoms with Gasteiger partial charge in [-0.15, -0.1) is 0 Å². The Morgan fingerprint density at radius 2 is 2.29 bits per heavy atom. The van der Waals surface area contributed by atoms with Gasteiger partial charge >= 0.3 is 0 Å². The van der Waals surface area contributed by atoms with Crippen LogP contribution in [0.3, 0.4) is 0 Å². The first-order chi connectivity index (χ1) is 8.16. The number of carbonyl (C=O) groups is 1. The number of hydrogen-bond acceptors (Lipinski definition) is 3. The first-order valence-corrected chi connectivity index (χ1v) is 5.09. The summed E-state index contributed by atoms with van der Waals surface area (Å²) in [6.07, 6.45) is 3.37. The molecule has 17 heavy (non-hydrogen) atoms. The Morgan fingerprint density at radius 3 is 2.94 bits per heavy atom. The predicted molar refractivity (Wildman–Crippen MR) is 61.4 cm³/mol. The fourth-order valence-corrected chi connectivity index (χ4v) is 1.49. The summed E-state index contributed by atoms with van der Waals surface area (Å²) in [6.45, 7) is 0.437. The van der Waals surface area contributed by atoms with E-state index in [1.165, 1.54) is 11.0 Å². The lowest BCUT2D eigenvalue weighted by Crippen LogP contribution is -2.28. The van der Waals surface area contributed by atoms with Gasteiger partial charge in [0.2, 0.25) is 5.56 Å². The van der Waals surface area contributed by atoms with Crippen LogP contribution in [-0.2, 0) is 6.54 Å². The number of aromatic amines is 2. The summed E-state index contributed by atoms with van der Waals surface area (Å²) < 4.78 is 0.